The van der Waals surface area contributed by atoms with Crippen LogP contribution >= 0.6 is 0 Å². The van der Waals surface area contributed by atoms with Crippen LogP contribution in [-0.2, 0) is 14.8 Å². The van der Waals surface area contributed by atoms with Gasteiger partial charge >= 0.3 is 0 Å². The molecule has 18 heavy (non-hydrogen) atoms. The number of alkyl halides is 1. The summed E-state index contributed by atoms with van der Waals surface area (Å²) in [6, 6.07) is 6.05. The van der Waals surface area contributed by atoms with Crippen molar-refractivity contribution in [2.24, 2.45) is 0 Å². The number of hydrogen-bond acceptors (Lipinski definition) is 3. The SMILES string of the molecule is [2H][C@H]1C(=O)N(S(=O)(=O)c2ccc(C)cc2)CC[C@H]1F. The van der Waals surface area contributed by atoms with Crippen LogP contribution in [0.4, 0.5) is 4.39 Å². The highest BCUT2D eigenvalue weighted by Crippen LogP contribution is 2.23. The highest BCUT2D eigenvalue weighted by atomic mass is 32.2. The molecule has 1 aromatic carbocycles. The molecule has 0 saturated carbocycles. The van der Waals surface area contributed by atoms with Gasteiger partial charge in [-0.3, -0.25) is 4.79 Å². The molecule has 0 N–H and O–H groups in total. The lowest BCUT2D eigenvalue weighted by Crippen LogP contribution is -2.43. The van der Waals surface area contributed by atoms with Gasteiger partial charge in [-0.2, -0.15) is 0 Å². The monoisotopic (exact) mass is 272 g/mol. The minimum Gasteiger partial charge on any atom is -0.274 e. The molecule has 0 radical (unpaired) electrons. The Labute approximate surface area is 107 Å². The topological polar surface area (TPSA) is 54.5 Å². The molecule has 0 aromatic heterocycles. The molecule has 1 heterocycles. The molecule has 0 bridgehead atoms. The van der Waals surface area contributed by atoms with Crippen molar-refractivity contribution in [2.45, 2.75) is 30.8 Å². The van der Waals surface area contributed by atoms with Crippen molar-refractivity contribution in [3.63, 3.8) is 0 Å². The molecule has 2 rings (SSSR count). The number of amides is 1. The van der Waals surface area contributed by atoms with E-state index in [-0.39, 0.29) is 17.9 Å². The van der Waals surface area contributed by atoms with E-state index < -0.39 is 28.5 Å². The predicted octanol–water partition coefficient (Wildman–Crippen LogP) is 1.64. The standard InChI is InChI=1S/C12H14FNO3S/c1-9-2-4-11(5-3-9)18(16,17)14-7-6-10(13)8-12(14)15/h2-5,10H,6-8H2,1H3/t10-/m1/s1/i8D/t8-,10-. The van der Waals surface area contributed by atoms with E-state index in [0.29, 0.717) is 4.31 Å². The normalized spacial score (nSPS) is 26.0. The Bertz CT molecular complexity index is 587. The van der Waals surface area contributed by atoms with Crippen molar-refractivity contribution in [1.29, 1.82) is 0 Å². The van der Waals surface area contributed by atoms with Crippen LogP contribution in [0.1, 0.15) is 19.8 Å². The van der Waals surface area contributed by atoms with Gasteiger partial charge in [0.1, 0.15) is 6.17 Å². The summed E-state index contributed by atoms with van der Waals surface area (Å²) in [5.41, 5.74) is 0.895. The Hall–Kier alpha value is -1.43. The van der Waals surface area contributed by atoms with Crippen LogP contribution in [-0.4, -0.2) is 31.3 Å². The van der Waals surface area contributed by atoms with Gasteiger partial charge in [-0.25, -0.2) is 17.1 Å². The first-order chi connectivity index (χ1) is 8.84. The lowest BCUT2D eigenvalue weighted by atomic mass is 10.1. The van der Waals surface area contributed by atoms with Gasteiger partial charge in [0.05, 0.1) is 11.3 Å². The smallest absolute Gasteiger partial charge is 0.266 e. The van der Waals surface area contributed by atoms with Gasteiger partial charge < -0.3 is 0 Å². The van der Waals surface area contributed by atoms with Crippen LogP contribution in [0.2, 0.25) is 0 Å². The Kier molecular flexibility index (Phi) is 3.03. The predicted molar refractivity (Wildman–Crippen MR) is 64.2 cm³/mol. The minimum absolute atomic E-state index is 0.0176. The average Bonchev–Trinajstić information content (AvgIpc) is 2.36. The van der Waals surface area contributed by atoms with Crippen LogP contribution in [0.5, 0.6) is 0 Å². The summed E-state index contributed by atoms with van der Waals surface area (Å²) in [6.45, 7) is 1.60. The fraction of sp³-hybridized carbons (Fsp3) is 0.417. The summed E-state index contributed by atoms with van der Waals surface area (Å²) in [5, 5.41) is 0. The number of sulfonamides is 1. The van der Waals surface area contributed by atoms with Gasteiger partial charge in [0.15, 0.2) is 0 Å². The van der Waals surface area contributed by atoms with Crippen molar-refractivity contribution in [2.75, 3.05) is 6.54 Å². The number of benzene rings is 1. The molecule has 0 aliphatic carbocycles. The zero-order chi connectivity index (χ0) is 14.2. The number of hydrogen-bond donors (Lipinski definition) is 0. The molecular weight excluding hydrogens is 257 g/mol. The van der Waals surface area contributed by atoms with Crippen molar-refractivity contribution < 1.29 is 19.0 Å². The first kappa shape index (κ1) is 11.6. The summed E-state index contributed by atoms with van der Waals surface area (Å²) < 4.78 is 45.7. The van der Waals surface area contributed by atoms with Gasteiger partial charge in [-0.15, -0.1) is 0 Å². The molecule has 1 aliphatic heterocycles. The lowest BCUT2D eigenvalue weighted by Gasteiger charge is -2.27. The largest absolute Gasteiger partial charge is 0.274 e. The van der Waals surface area contributed by atoms with Crippen molar-refractivity contribution in [3.05, 3.63) is 29.8 Å². The number of carbonyl (C=O) groups excluding carboxylic acids is 1. The molecule has 0 unspecified atom stereocenters. The van der Waals surface area contributed by atoms with E-state index in [1.165, 1.54) is 12.1 Å². The molecule has 0 spiro atoms. The second-order valence-corrected chi connectivity index (χ2v) is 6.06. The number of carbonyl (C=O) groups is 1. The fourth-order valence-electron chi connectivity index (χ4n) is 1.75. The van der Waals surface area contributed by atoms with Crippen molar-refractivity contribution >= 4 is 15.9 Å². The van der Waals surface area contributed by atoms with Crippen LogP contribution < -0.4 is 0 Å². The molecule has 1 aromatic rings. The van der Waals surface area contributed by atoms with Gasteiger partial charge in [-0.1, -0.05) is 17.7 Å². The number of aryl methyl sites for hydroxylation is 1. The van der Waals surface area contributed by atoms with Crippen LogP contribution in [0.3, 0.4) is 0 Å². The maximum Gasteiger partial charge on any atom is 0.266 e. The molecule has 98 valence electrons. The van der Waals surface area contributed by atoms with Crippen LogP contribution in [0.15, 0.2) is 29.2 Å². The molecule has 1 fully saturated rings. The Morgan fingerprint density at radius 3 is 2.61 bits per heavy atom. The zero-order valence-electron chi connectivity index (χ0n) is 10.8. The summed E-state index contributed by atoms with van der Waals surface area (Å²) in [4.78, 5) is 11.7. The summed E-state index contributed by atoms with van der Waals surface area (Å²) in [6.07, 6.45) is -3.39. The first-order valence-electron chi connectivity index (χ1n) is 6.11. The van der Waals surface area contributed by atoms with Crippen molar-refractivity contribution in [3.8, 4) is 0 Å². The van der Waals surface area contributed by atoms with E-state index in [1.807, 2.05) is 6.92 Å². The highest BCUT2D eigenvalue weighted by Gasteiger charge is 2.34. The van der Waals surface area contributed by atoms with Gasteiger partial charge in [0, 0.05) is 7.92 Å². The number of rotatable bonds is 2. The average molecular weight is 272 g/mol. The lowest BCUT2D eigenvalue weighted by molar-refractivity contribution is -0.129. The molecule has 1 amide bonds. The molecule has 2 atom stereocenters. The van der Waals surface area contributed by atoms with E-state index in [9.17, 15) is 17.6 Å². The fourth-order valence-corrected chi connectivity index (χ4v) is 3.13. The highest BCUT2D eigenvalue weighted by molar-refractivity contribution is 7.89. The quantitative estimate of drug-likeness (QED) is 0.822. The number of halogens is 1. The van der Waals surface area contributed by atoms with E-state index in [4.69, 9.17) is 1.37 Å². The summed E-state index contributed by atoms with van der Waals surface area (Å²) >= 11 is 0. The Balaban J connectivity index is 2.35. The van der Waals surface area contributed by atoms with Crippen molar-refractivity contribution in [1.82, 2.24) is 4.31 Å². The van der Waals surface area contributed by atoms with Crippen LogP contribution in [0, 0.1) is 6.92 Å². The van der Waals surface area contributed by atoms with Gasteiger partial charge in [-0.05, 0) is 25.5 Å². The van der Waals surface area contributed by atoms with Gasteiger partial charge in [0.2, 0.25) is 5.91 Å². The van der Waals surface area contributed by atoms with E-state index in [1.54, 1.807) is 12.1 Å². The second kappa shape index (κ2) is 4.68. The maximum atomic E-state index is 13.2. The van der Waals surface area contributed by atoms with E-state index >= 15 is 0 Å². The molecule has 4 nitrogen and oxygen atoms in total. The molecule has 1 saturated heterocycles. The summed E-state index contributed by atoms with van der Waals surface area (Å²) in [5.74, 6) is -1.00. The molecular formula is C12H14FNO3S. The third-order valence-corrected chi connectivity index (χ3v) is 4.60. The maximum absolute atomic E-state index is 13.2. The molecule has 1 aliphatic rings. The second-order valence-electron chi connectivity index (χ2n) is 4.20. The molecule has 6 heteroatoms. The number of nitrogens with zero attached hydrogens (tertiary/aromatic N) is 1. The van der Waals surface area contributed by atoms with Gasteiger partial charge in [0.25, 0.3) is 10.0 Å². The minimum atomic E-state index is -3.99. The Morgan fingerprint density at radius 2 is 2.00 bits per heavy atom. The summed E-state index contributed by atoms with van der Waals surface area (Å²) in [7, 11) is -3.99. The van der Waals surface area contributed by atoms with E-state index in [0.717, 1.165) is 5.56 Å². The van der Waals surface area contributed by atoms with E-state index in [2.05, 4.69) is 0 Å². The van der Waals surface area contributed by atoms with Crippen LogP contribution in [0.25, 0.3) is 0 Å². The first-order valence-corrected chi connectivity index (χ1v) is 6.97. The third-order valence-electron chi connectivity index (χ3n) is 2.79. The third kappa shape index (κ3) is 2.38. The zero-order valence-corrected chi connectivity index (χ0v) is 10.7. The number of piperidine rings is 1. The Morgan fingerprint density at radius 1 is 1.39 bits per heavy atom.